The molecule has 4 nitrogen and oxygen atoms in total. The number of hydrogen-bond donors (Lipinski definition) is 2. The Balaban J connectivity index is 2.40. The molecule has 0 aromatic rings. The minimum absolute atomic E-state index is 0.104. The lowest BCUT2D eigenvalue weighted by molar-refractivity contribution is -0.139. The first-order valence-corrected chi connectivity index (χ1v) is 5.25. The molecule has 0 bridgehead atoms. The molecule has 0 aromatic heterocycles. The van der Waals surface area contributed by atoms with Gasteiger partial charge in [-0.1, -0.05) is 13.3 Å². The summed E-state index contributed by atoms with van der Waals surface area (Å²) >= 11 is 0. The zero-order valence-corrected chi connectivity index (χ0v) is 8.65. The summed E-state index contributed by atoms with van der Waals surface area (Å²) in [7, 11) is 0. The van der Waals surface area contributed by atoms with Crippen molar-refractivity contribution in [3.8, 4) is 0 Å². The fraction of sp³-hybridized carbons (Fsp3) is 0.900. The van der Waals surface area contributed by atoms with Crippen LogP contribution in [0.15, 0.2) is 0 Å². The zero-order chi connectivity index (χ0) is 10.6. The van der Waals surface area contributed by atoms with Gasteiger partial charge in [0.1, 0.15) is 0 Å². The number of aliphatic carboxylic acids is 1. The fourth-order valence-electron chi connectivity index (χ4n) is 2.08. The Bertz CT molecular complexity index is 196. The second-order valence-corrected chi connectivity index (χ2v) is 4.03. The van der Waals surface area contributed by atoms with Gasteiger partial charge in [-0.25, -0.2) is 0 Å². The van der Waals surface area contributed by atoms with Gasteiger partial charge in [-0.3, -0.25) is 9.69 Å². The predicted octanol–water partition coefficient (Wildman–Crippen LogP) is 0.554. The highest BCUT2D eigenvalue weighted by atomic mass is 16.4. The summed E-state index contributed by atoms with van der Waals surface area (Å²) < 4.78 is 0. The molecule has 0 radical (unpaired) electrons. The number of piperidine rings is 1. The summed E-state index contributed by atoms with van der Waals surface area (Å²) in [5, 5.41) is 18.3. The zero-order valence-electron chi connectivity index (χ0n) is 8.65. The van der Waals surface area contributed by atoms with Crippen LogP contribution in [0, 0.1) is 5.92 Å². The SMILES string of the molecule is CCC[C@@H]1CN(CC(=O)O)CC[C@H]1O. The third kappa shape index (κ3) is 3.27. The van der Waals surface area contributed by atoms with E-state index in [2.05, 4.69) is 6.92 Å². The number of rotatable bonds is 4. The molecule has 0 saturated carbocycles. The second kappa shape index (κ2) is 5.32. The second-order valence-electron chi connectivity index (χ2n) is 4.03. The van der Waals surface area contributed by atoms with E-state index >= 15 is 0 Å². The van der Waals surface area contributed by atoms with Gasteiger partial charge in [0.2, 0.25) is 0 Å². The summed E-state index contributed by atoms with van der Waals surface area (Å²) in [5.41, 5.74) is 0. The van der Waals surface area contributed by atoms with Gasteiger partial charge in [-0.2, -0.15) is 0 Å². The summed E-state index contributed by atoms with van der Waals surface area (Å²) in [6.45, 7) is 3.62. The minimum Gasteiger partial charge on any atom is -0.480 e. The average Bonchev–Trinajstić information content (AvgIpc) is 2.10. The fourth-order valence-corrected chi connectivity index (χ4v) is 2.08. The number of carboxylic acids is 1. The highest BCUT2D eigenvalue weighted by molar-refractivity contribution is 5.69. The van der Waals surface area contributed by atoms with Crippen LogP contribution < -0.4 is 0 Å². The molecule has 1 saturated heterocycles. The van der Waals surface area contributed by atoms with E-state index in [1.807, 2.05) is 4.90 Å². The Morgan fingerprint density at radius 3 is 2.86 bits per heavy atom. The van der Waals surface area contributed by atoms with Crippen molar-refractivity contribution in [2.45, 2.75) is 32.3 Å². The van der Waals surface area contributed by atoms with Crippen molar-refractivity contribution >= 4 is 5.97 Å². The van der Waals surface area contributed by atoms with Gasteiger partial charge in [0, 0.05) is 13.1 Å². The molecule has 0 spiro atoms. The van der Waals surface area contributed by atoms with Crippen molar-refractivity contribution < 1.29 is 15.0 Å². The van der Waals surface area contributed by atoms with Crippen molar-refractivity contribution in [2.75, 3.05) is 19.6 Å². The molecule has 14 heavy (non-hydrogen) atoms. The molecule has 4 heteroatoms. The third-order valence-corrected chi connectivity index (χ3v) is 2.80. The lowest BCUT2D eigenvalue weighted by atomic mass is 9.91. The van der Waals surface area contributed by atoms with E-state index in [-0.39, 0.29) is 18.6 Å². The molecule has 2 N–H and O–H groups in total. The predicted molar refractivity (Wildman–Crippen MR) is 53.1 cm³/mol. The standard InChI is InChI=1S/C10H19NO3/c1-2-3-8-6-11(7-10(13)14)5-4-9(8)12/h8-9,12H,2-7H2,1H3,(H,13,14)/t8-,9-/m1/s1. The van der Waals surface area contributed by atoms with Crippen LogP contribution in [-0.2, 0) is 4.79 Å². The van der Waals surface area contributed by atoms with Crippen LogP contribution in [0.5, 0.6) is 0 Å². The maximum atomic E-state index is 10.5. The number of carbonyl (C=O) groups is 1. The molecule has 1 aliphatic rings. The number of nitrogens with zero attached hydrogens (tertiary/aromatic N) is 1. The van der Waals surface area contributed by atoms with E-state index in [0.29, 0.717) is 13.0 Å². The molecule has 0 aromatic carbocycles. The van der Waals surface area contributed by atoms with Crippen LogP contribution in [0.1, 0.15) is 26.2 Å². The number of aliphatic hydroxyl groups is 1. The van der Waals surface area contributed by atoms with Crippen LogP contribution in [-0.4, -0.2) is 46.8 Å². The van der Waals surface area contributed by atoms with E-state index in [1.54, 1.807) is 0 Å². The van der Waals surface area contributed by atoms with Gasteiger partial charge >= 0.3 is 5.97 Å². The van der Waals surface area contributed by atoms with Crippen molar-refractivity contribution in [3.05, 3.63) is 0 Å². The molecule has 0 unspecified atom stereocenters. The lowest BCUT2D eigenvalue weighted by Gasteiger charge is -2.35. The van der Waals surface area contributed by atoms with Crippen LogP contribution >= 0.6 is 0 Å². The molecule has 0 amide bonds. The highest BCUT2D eigenvalue weighted by Gasteiger charge is 2.27. The summed E-state index contributed by atoms with van der Waals surface area (Å²) in [5.74, 6) is -0.523. The van der Waals surface area contributed by atoms with Gasteiger partial charge in [-0.05, 0) is 18.8 Å². The summed E-state index contributed by atoms with van der Waals surface area (Å²) in [4.78, 5) is 12.4. The van der Waals surface area contributed by atoms with Gasteiger partial charge in [0.25, 0.3) is 0 Å². The Labute approximate surface area is 84.5 Å². The van der Waals surface area contributed by atoms with Gasteiger partial charge in [-0.15, -0.1) is 0 Å². The first-order valence-electron chi connectivity index (χ1n) is 5.25. The first kappa shape index (κ1) is 11.5. The molecule has 0 aliphatic carbocycles. The first-order chi connectivity index (χ1) is 6.63. The number of hydrogen-bond acceptors (Lipinski definition) is 3. The van der Waals surface area contributed by atoms with Crippen molar-refractivity contribution in [1.82, 2.24) is 4.90 Å². The van der Waals surface area contributed by atoms with Crippen LogP contribution in [0.2, 0.25) is 0 Å². The third-order valence-electron chi connectivity index (χ3n) is 2.80. The van der Waals surface area contributed by atoms with Crippen molar-refractivity contribution in [2.24, 2.45) is 5.92 Å². The van der Waals surface area contributed by atoms with E-state index in [4.69, 9.17) is 5.11 Å². The molecule has 2 atom stereocenters. The molecule has 1 fully saturated rings. The van der Waals surface area contributed by atoms with Gasteiger partial charge < -0.3 is 10.2 Å². The molecule has 1 heterocycles. The molecular weight excluding hydrogens is 182 g/mol. The number of likely N-dealkylation sites (tertiary alicyclic amines) is 1. The number of carboxylic acid groups (broad SMARTS) is 1. The van der Waals surface area contributed by atoms with Gasteiger partial charge in [0.15, 0.2) is 0 Å². The Hall–Kier alpha value is -0.610. The van der Waals surface area contributed by atoms with Crippen molar-refractivity contribution in [1.29, 1.82) is 0 Å². The van der Waals surface area contributed by atoms with E-state index in [1.165, 1.54) is 0 Å². The molecular formula is C10H19NO3. The summed E-state index contributed by atoms with van der Waals surface area (Å²) in [6, 6.07) is 0. The van der Waals surface area contributed by atoms with Gasteiger partial charge in [0.05, 0.1) is 12.6 Å². The molecule has 82 valence electrons. The Morgan fingerprint density at radius 1 is 1.57 bits per heavy atom. The maximum absolute atomic E-state index is 10.5. The Kier molecular flexibility index (Phi) is 4.35. The maximum Gasteiger partial charge on any atom is 0.317 e. The largest absolute Gasteiger partial charge is 0.480 e. The van der Waals surface area contributed by atoms with Crippen LogP contribution in [0.3, 0.4) is 0 Å². The topological polar surface area (TPSA) is 60.8 Å². The Morgan fingerprint density at radius 2 is 2.29 bits per heavy atom. The summed E-state index contributed by atoms with van der Waals surface area (Å²) in [6.07, 6.45) is 2.50. The van der Waals surface area contributed by atoms with Crippen molar-refractivity contribution in [3.63, 3.8) is 0 Å². The quantitative estimate of drug-likeness (QED) is 0.697. The van der Waals surface area contributed by atoms with E-state index in [0.717, 1.165) is 19.4 Å². The monoisotopic (exact) mass is 201 g/mol. The van der Waals surface area contributed by atoms with Crippen LogP contribution in [0.25, 0.3) is 0 Å². The normalized spacial score (nSPS) is 29.0. The smallest absolute Gasteiger partial charge is 0.317 e. The minimum atomic E-state index is -0.781. The van der Waals surface area contributed by atoms with E-state index in [9.17, 15) is 9.90 Å². The average molecular weight is 201 g/mol. The lowest BCUT2D eigenvalue weighted by Crippen LogP contribution is -2.45. The van der Waals surface area contributed by atoms with Crippen LogP contribution in [0.4, 0.5) is 0 Å². The highest BCUT2D eigenvalue weighted by Crippen LogP contribution is 2.21. The number of aliphatic hydroxyl groups excluding tert-OH is 1. The van der Waals surface area contributed by atoms with E-state index < -0.39 is 5.97 Å². The molecule has 1 rings (SSSR count). The molecule has 1 aliphatic heterocycles.